The van der Waals surface area contributed by atoms with Crippen molar-refractivity contribution in [3.8, 4) is 11.3 Å². The maximum Gasteiger partial charge on any atom is 0.192 e. The van der Waals surface area contributed by atoms with E-state index in [2.05, 4.69) is 80.9 Å². The molecule has 0 aliphatic rings. The number of rotatable bonds is 7. The monoisotopic (exact) mass is 685 g/mol. The molecule has 3 aromatic rings. The fraction of sp³-hybridized carbons (Fsp3) is 0.400. The van der Waals surface area contributed by atoms with Crippen LogP contribution in [0.25, 0.3) is 22.0 Å². The number of carbonyl (C=O) groups is 1. The number of aromatic nitrogens is 1. The number of fused-ring (bicyclic) bond motifs is 1. The molecule has 0 aliphatic heterocycles. The number of aliphatic hydroxyl groups excluding tert-OH is 1. The molecule has 2 aromatic carbocycles. The quantitative estimate of drug-likeness (QED) is 0.120. The molecule has 0 amide bonds. The second kappa shape index (κ2) is 14.0. The van der Waals surface area contributed by atoms with Crippen LogP contribution in [0.4, 0.5) is 4.39 Å². The minimum atomic E-state index is -1.53. The van der Waals surface area contributed by atoms with Gasteiger partial charge in [-0.05, 0) is 42.3 Å². The molecule has 0 fully saturated rings. The van der Waals surface area contributed by atoms with Crippen molar-refractivity contribution in [3.63, 3.8) is 0 Å². The van der Waals surface area contributed by atoms with Crippen LogP contribution in [-0.2, 0) is 24.9 Å². The fourth-order valence-electron chi connectivity index (χ4n) is 3.97. The standard InChI is InChI=1S/C20H22NSi.C10H17FO2.Ir/c1-14-10-15(2)12-17(11-14)20-19-7-6-18(22(3,4)5)13-16(19)8-9-21-20;1-4-8(5-2)10(13)6-9(12)7(3)11;/h6-11,13H,1-5H3;6-8,13H,4-5H2,1-3H3;/q-1;;/b;10-6-;. The number of aryl methyl sites for hydroxylation is 2. The van der Waals surface area contributed by atoms with Crippen LogP contribution >= 0.6 is 0 Å². The van der Waals surface area contributed by atoms with Crippen molar-refractivity contribution in [3.05, 3.63) is 71.6 Å². The van der Waals surface area contributed by atoms with Crippen molar-refractivity contribution >= 4 is 29.8 Å². The maximum absolute atomic E-state index is 12.4. The van der Waals surface area contributed by atoms with Crippen molar-refractivity contribution in [1.29, 1.82) is 0 Å². The molecule has 1 N–H and O–H groups in total. The smallest absolute Gasteiger partial charge is 0.192 e. The van der Waals surface area contributed by atoms with Crippen molar-refractivity contribution in [1.82, 2.24) is 4.98 Å². The van der Waals surface area contributed by atoms with Gasteiger partial charge in [-0.1, -0.05) is 70.7 Å². The van der Waals surface area contributed by atoms with Crippen LogP contribution in [-0.4, -0.2) is 30.1 Å². The van der Waals surface area contributed by atoms with Gasteiger partial charge < -0.3 is 10.1 Å². The summed E-state index contributed by atoms with van der Waals surface area (Å²) in [5.74, 6) is -0.688. The Labute approximate surface area is 230 Å². The molecule has 3 nitrogen and oxygen atoms in total. The van der Waals surface area contributed by atoms with Crippen LogP contribution in [0.1, 0.15) is 44.7 Å². The Morgan fingerprint density at radius 2 is 1.75 bits per heavy atom. The van der Waals surface area contributed by atoms with Gasteiger partial charge in [0.25, 0.3) is 0 Å². The number of ketones is 1. The van der Waals surface area contributed by atoms with Gasteiger partial charge >= 0.3 is 0 Å². The Hall–Kier alpha value is -2.14. The summed E-state index contributed by atoms with van der Waals surface area (Å²) in [5.41, 5.74) is 4.53. The molecule has 6 heteroatoms. The van der Waals surface area contributed by atoms with Gasteiger partial charge in [0.2, 0.25) is 0 Å². The van der Waals surface area contributed by atoms with Crippen LogP contribution in [0, 0.1) is 25.8 Å². The van der Waals surface area contributed by atoms with Gasteiger partial charge in [-0.2, -0.15) is 0 Å². The summed E-state index contributed by atoms with van der Waals surface area (Å²) in [6.45, 7) is 16.4. The summed E-state index contributed by atoms with van der Waals surface area (Å²) in [6.07, 6.45) is 2.90. The third-order valence-electron chi connectivity index (χ3n) is 6.12. The largest absolute Gasteiger partial charge is 0.512 e. The van der Waals surface area contributed by atoms with Gasteiger partial charge in [0.15, 0.2) is 12.0 Å². The predicted molar refractivity (Wildman–Crippen MR) is 149 cm³/mol. The minimum Gasteiger partial charge on any atom is -0.512 e. The molecule has 36 heavy (non-hydrogen) atoms. The van der Waals surface area contributed by atoms with Crippen molar-refractivity contribution in [2.45, 2.75) is 73.3 Å². The Balaban J connectivity index is 0.000000402. The van der Waals surface area contributed by atoms with Crippen LogP contribution in [0.3, 0.4) is 0 Å². The topological polar surface area (TPSA) is 50.2 Å². The first-order valence-corrected chi connectivity index (χ1v) is 15.9. The van der Waals surface area contributed by atoms with Crippen LogP contribution in [0.5, 0.6) is 0 Å². The van der Waals surface area contributed by atoms with E-state index in [4.69, 9.17) is 0 Å². The number of nitrogens with zero attached hydrogens (tertiary/aromatic N) is 1. The summed E-state index contributed by atoms with van der Waals surface area (Å²) in [5, 5.41) is 13.4. The van der Waals surface area contributed by atoms with Crippen LogP contribution in [0.2, 0.25) is 19.6 Å². The van der Waals surface area contributed by atoms with E-state index in [-0.39, 0.29) is 31.8 Å². The molecular weight excluding hydrogens is 646 g/mol. The third kappa shape index (κ3) is 8.76. The van der Waals surface area contributed by atoms with Gasteiger partial charge in [-0.25, -0.2) is 4.39 Å². The zero-order chi connectivity index (χ0) is 26.3. The molecule has 3 rings (SSSR count). The predicted octanol–water partition coefficient (Wildman–Crippen LogP) is 7.65. The number of hydrogen-bond donors (Lipinski definition) is 1. The maximum atomic E-state index is 12.4. The molecule has 1 radical (unpaired) electrons. The third-order valence-corrected chi connectivity index (χ3v) is 8.16. The van der Waals surface area contributed by atoms with Gasteiger partial charge in [0, 0.05) is 38.3 Å². The Morgan fingerprint density at radius 1 is 1.11 bits per heavy atom. The molecule has 197 valence electrons. The van der Waals surface area contributed by atoms with E-state index in [9.17, 15) is 14.3 Å². The van der Waals surface area contributed by atoms with E-state index < -0.39 is 20.0 Å². The van der Waals surface area contributed by atoms with E-state index in [1.165, 1.54) is 28.4 Å². The Morgan fingerprint density at radius 3 is 2.28 bits per heavy atom. The molecule has 0 saturated carbocycles. The molecule has 0 bridgehead atoms. The first-order chi connectivity index (χ1) is 16.4. The average Bonchev–Trinajstić information content (AvgIpc) is 2.78. The fourth-order valence-corrected chi connectivity index (χ4v) is 5.14. The molecule has 0 saturated heterocycles. The zero-order valence-corrected chi connectivity index (χ0v) is 26.1. The molecule has 0 spiro atoms. The second-order valence-corrected chi connectivity index (χ2v) is 15.3. The molecule has 0 aliphatic carbocycles. The second-order valence-electron chi connectivity index (χ2n) is 10.2. The van der Waals surface area contributed by atoms with E-state index in [0.29, 0.717) is 0 Å². The summed E-state index contributed by atoms with van der Waals surface area (Å²) in [4.78, 5) is 15.5. The first-order valence-electron chi connectivity index (χ1n) is 12.4. The molecule has 1 unspecified atom stereocenters. The summed E-state index contributed by atoms with van der Waals surface area (Å²) in [6, 6.07) is 16.7. The number of hydrogen-bond acceptors (Lipinski definition) is 3. The van der Waals surface area contributed by atoms with E-state index in [0.717, 1.165) is 35.7 Å². The van der Waals surface area contributed by atoms with Gasteiger partial charge in [0.1, 0.15) is 0 Å². The van der Waals surface area contributed by atoms with Crippen molar-refractivity contribution in [2.24, 2.45) is 5.92 Å². The Kier molecular flexibility index (Phi) is 12.4. The summed E-state index contributed by atoms with van der Waals surface area (Å²) in [7, 11) is -1.29. The van der Waals surface area contributed by atoms with Crippen molar-refractivity contribution in [2.75, 3.05) is 0 Å². The van der Waals surface area contributed by atoms with Crippen molar-refractivity contribution < 1.29 is 34.4 Å². The van der Waals surface area contributed by atoms with Gasteiger partial charge in [-0.3, -0.25) is 4.79 Å². The summed E-state index contributed by atoms with van der Waals surface area (Å²) < 4.78 is 12.4. The summed E-state index contributed by atoms with van der Waals surface area (Å²) >= 11 is 0. The number of allylic oxidation sites excluding steroid dienone is 2. The number of carbonyl (C=O) groups excluding carboxylic acids is 1. The number of benzene rings is 2. The normalized spacial score (nSPS) is 12.6. The van der Waals surface area contributed by atoms with E-state index in [1.807, 2.05) is 20.0 Å². The molecule has 1 atom stereocenters. The first kappa shape index (κ1) is 31.9. The van der Waals surface area contributed by atoms with E-state index in [1.54, 1.807) is 0 Å². The SMILES string of the molecule is CCC(CC)/C(O)=C/C(=O)C(C)F.Cc1[c-]c(-c2nccc3cc([Si](C)(C)C)ccc23)cc(C)c1.[Ir]. The minimum absolute atomic E-state index is 0. The van der Waals surface area contributed by atoms with E-state index >= 15 is 0 Å². The number of halogens is 1. The van der Waals surface area contributed by atoms with Gasteiger partial charge in [0.05, 0.1) is 13.8 Å². The average molecular weight is 685 g/mol. The molecule has 1 aromatic heterocycles. The molecular formula is C30H39FIrNO2Si-. The zero-order valence-electron chi connectivity index (χ0n) is 22.7. The Bertz CT molecular complexity index is 1180. The molecule has 1 heterocycles. The van der Waals surface area contributed by atoms with Crippen LogP contribution in [0.15, 0.2) is 54.4 Å². The van der Waals surface area contributed by atoms with Gasteiger partial charge in [-0.15, -0.1) is 34.9 Å². The number of alkyl halides is 1. The van der Waals surface area contributed by atoms with Crippen LogP contribution < -0.4 is 5.19 Å². The number of pyridine rings is 1. The number of aliphatic hydroxyl groups is 1.